The van der Waals surface area contributed by atoms with Gasteiger partial charge in [0.05, 0.1) is 28.7 Å². The van der Waals surface area contributed by atoms with Crippen LogP contribution in [0.2, 0.25) is 0 Å². The van der Waals surface area contributed by atoms with E-state index in [1.807, 2.05) is 36.5 Å². The number of sulfonamides is 1. The summed E-state index contributed by atoms with van der Waals surface area (Å²) < 4.78 is 33.9. The third-order valence-corrected chi connectivity index (χ3v) is 7.10. The second kappa shape index (κ2) is 9.47. The van der Waals surface area contributed by atoms with E-state index in [1.165, 1.54) is 16.4 Å². The number of morpholine rings is 1. The molecule has 1 saturated heterocycles. The highest BCUT2D eigenvalue weighted by molar-refractivity contribution is 7.89. The topological polar surface area (TPSA) is 120 Å². The van der Waals surface area contributed by atoms with Gasteiger partial charge in [-0.2, -0.15) is 9.40 Å². The van der Waals surface area contributed by atoms with Gasteiger partial charge in [-0.3, -0.25) is 10.1 Å². The van der Waals surface area contributed by atoms with Crippen molar-refractivity contribution >= 4 is 21.4 Å². The highest BCUT2D eigenvalue weighted by atomic mass is 32.2. The zero-order chi connectivity index (χ0) is 22.6. The van der Waals surface area contributed by atoms with Crippen molar-refractivity contribution in [3.63, 3.8) is 0 Å². The van der Waals surface area contributed by atoms with Crippen molar-refractivity contribution in [2.45, 2.75) is 11.3 Å². The first-order valence-electron chi connectivity index (χ1n) is 10.1. The number of benzene rings is 2. The van der Waals surface area contributed by atoms with E-state index >= 15 is 0 Å². The molecule has 4 rings (SSSR count). The van der Waals surface area contributed by atoms with Crippen molar-refractivity contribution in [2.24, 2.45) is 0 Å². The Balaban J connectivity index is 1.44. The molecule has 0 spiro atoms. The monoisotopic (exact) mass is 457 g/mol. The number of hydrogen-bond acceptors (Lipinski definition) is 7. The summed E-state index contributed by atoms with van der Waals surface area (Å²) in [6.07, 6.45) is 4.21. The molecule has 10 nitrogen and oxygen atoms in total. The smallest absolute Gasteiger partial charge is 0.293 e. The van der Waals surface area contributed by atoms with Gasteiger partial charge in [-0.05, 0) is 42.3 Å². The molecule has 2 heterocycles. The van der Waals surface area contributed by atoms with Gasteiger partial charge >= 0.3 is 0 Å². The van der Waals surface area contributed by atoms with Crippen molar-refractivity contribution < 1.29 is 18.1 Å². The van der Waals surface area contributed by atoms with Gasteiger partial charge in [0.25, 0.3) is 5.69 Å². The average Bonchev–Trinajstić information content (AvgIpc) is 3.35. The number of rotatable bonds is 8. The lowest BCUT2D eigenvalue weighted by Gasteiger charge is -2.26. The molecule has 2 aromatic carbocycles. The Morgan fingerprint density at radius 2 is 1.88 bits per heavy atom. The van der Waals surface area contributed by atoms with Gasteiger partial charge in [0.15, 0.2) is 0 Å². The van der Waals surface area contributed by atoms with Gasteiger partial charge in [-0.1, -0.05) is 12.1 Å². The van der Waals surface area contributed by atoms with E-state index in [1.54, 1.807) is 10.9 Å². The van der Waals surface area contributed by atoms with Crippen molar-refractivity contribution in [2.75, 3.05) is 38.2 Å². The average molecular weight is 458 g/mol. The van der Waals surface area contributed by atoms with Crippen LogP contribution in [0.1, 0.15) is 5.56 Å². The minimum absolute atomic E-state index is 0.0918. The molecule has 1 aliphatic heterocycles. The van der Waals surface area contributed by atoms with Gasteiger partial charge in [-0.15, -0.1) is 0 Å². The summed E-state index contributed by atoms with van der Waals surface area (Å²) in [4.78, 5) is 10.9. The molecule has 0 amide bonds. The maximum Gasteiger partial charge on any atom is 0.293 e. The van der Waals surface area contributed by atoms with Gasteiger partial charge in [0.2, 0.25) is 10.0 Å². The van der Waals surface area contributed by atoms with Crippen LogP contribution in [0.15, 0.2) is 65.8 Å². The van der Waals surface area contributed by atoms with Gasteiger partial charge < -0.3 is 10.1 Å². The van der Waals surface area contributed by atoms with E-state index in [4.69, 9.17) is 4.74 Å². The molecule has 0 bridgehead atoms. The molecule has 0 atom stereocenters. The lowest BCUT2D eigenvalue weighted by atomic mass is 10.1. The third-order valence-electron chi connectivity index (χ3n) is 5.21. The molecular weight excluding hydrogens is 434 g/mol. The first-order valence-corrected chi connectivity index (χ1v) is 11.6. The third kappa shape index (κ3) is 4.79. The summed E-state index contributed by atoms with van der Waals surface area (Å²) in [5.41, 5.74) is 2.01. The Labute approximate surface area is 185 Å². The second-order valence-corrected chi connectivity index (χ2v) is 9.18. The maximum absolute atomic E-state index is 12.8. The standard InChI is InChI=1S/C21H23N5O5S/c27-26(28)21-16-19(32(29,30)24-12-14-31-15-13-24)6-7-20(21)22-10-8-17-2-4-18(5-3-17)25-11-1-9-23-25/h1-7,9,11,16,22H,8,10,12-15H2. The number of nitro groups is 1. The number of anilines is 1. The highest BCUT2D eigenvalue weighted by Gasteiger charge is 2.28. The van der Waals surface area contributed by atoms with E-state index in [2.05, 4.69) is 10.4 Å². The molecular formula is C21H23N5O5S. The number of nitro benzene ring substituents is 1. The molecule has 0 saturated carbocycles. The second-order valence-electron chi connectivity index (χ2n) is 7.25. The van der Waals surface area contributed by atoms with E-state index in [-0.39, 0.29) is 29.4 Å². The maximum atomic E-state index is 12.8. The predicted octanol–water partition coefficient (Wildman–Crippen LogP) is 2.46. The summed E-state index contributed by atoms with van der Waals surface area (Å²) in [6.45, 7) is 1.54. The first kappa shape index (κ1) is 21.9. The fourth-order valence-electron chi connectivity index (χ4n) is 3.49. The lowest BCUT2D eigenvalue weighted by Crippen LogP contribution is -2.40. The van der Waals surface area contributed by atoms with Crippen LogP contribution < -0.4 is 5.32 Å². The summed E-state index contributed by atoms with van der Waals surface area (Å²) in [7, 11) is -3.81. The Hall–Kier alpha value is -3.28. The largest absolute Gasteiger partial charge is 0.379 e. The molecule has 0 unspecified atom stereocenters. The van der Waals surface area contributed by atoms with Gasteiger partial charge in [0, 0.05) is 38.1 Å². The molecule has 1 aromatic heterocycles. The molecule has 3 aromatic rings. The van der Waals surface area contributed by atoms with Crippen LogP contribution in [0, 0.1) is 10.1 Å². The fourth-order valence-corrected chi connectivity index (χ4v) is 4.92. The van der Waals surface area contributed by atoms with Crippen molar-refractivity contribution in [1.29, 1.82) is 0 Å². The number of nitrogens with one attached hydrogen (secondary N) is 1. The Bertz CT molecular complexity index is 1170. The number of aromatic nitrogens is 2. The Morgan fingerprint density at radius 1 is 1.12 bits per heavy atom. The zero-order valence-corrected chi connectivity index (χ0v) is 18.1. The summed E-state index contributed by atoms with van der Waals surface area (Å²) >= 11 is 0. The molecule has 0 radical (unpaired) electrons. The van der Waals surface area contributed by atoms with E-state index < -0.39 is 14.9 Å². The fraction of sp³-hybridized carbons (Fsp3) is 0.286. The van der Waals surface area contributed by atoms with E-state index in [0.29, 0.717) is 26.2 Å². The van der Waals surface area contributed by atoms with Crippen LogP contribution in [-0.4, -0.2) is 60.3 Å². The van der Waals surface area contributed by atoms with Gasteiger partial charge in [0.1, 0.15) is 5.69 Å². The Morgan fingerprint density at radius 3 is 2.53 bits per heavy atom. The van der Waals surface area contributed by atoms with Crippen LogP contribution in [0.25, 0.3) is 5.69 Å². The predicted molar refractivity (Wildman–Crippen MR) is 118 cm³/mol. The highest BCUT2D eigenvalue weighted by Crippen LogP contribution is 2.29. The van der Waals surface area contributed by atoms with Crippen LogP contribution in [0.4, 0.5) is 11.4 Å². The normalized spacial score (nSPS) is 14.9. The molecule has 1 N–H and O–H groups in total. The molecule has 0 aliphatic carbocycles. The number of hydrogen-bond donors (Lipinski definition) is 1. The van der Waals surface area contributed by atoms with Crippen molar-refractivity contribution in [1.82, 2.24) is 14.1 Å². The Kier molecular flexibility index (Phi) is 6.49. The minimum Gasteiger partial charge on any atom is -0.379 e. The first-order chi connectivity index (χ1) is 15.4. The summed E-state index contributed by atoms with van der Waals surface area (Å²) in [5, 5.41) is 18.8. The molecule has 32 heavy (non-hydrogen) atoms. The minimum atomic E-state index is -3.81. The van der Waals surface area contributed by atoms with Crippen LogP contribution in [0.3, 0.4) is 0 Å². The molecule has 168 valence electrons. The summed E-state index contributed by atoms with van der Waals surface area (Å²) in [5.74, 6) is 0. The zero-order valence-electron chi connectivity index (χ0n) is 17.3. The number of ether oxygens (including phenoxy) is 1. The van der Waals surface area contributed by atoms with Crippen molar-refractivity contribution in [3.05, 3.63) is 76.6 Å². The van der Waals surface area contributed by atoms with E-state index in [9.17, 15) is 18.5 Å². The van der Waals surface area contributed by atoms with Crippen LogP contribution >= 0.6 is 0 Å². The molecule has 11 heteroatoms. The lowest BCUT2D eigenvalue weighted by molar-refractivity contribution is -0.384. The van der Waals surface area contributed by atoms with Crippen LogP contribution in [0.5, 0.6) is 0 Å². The quantitative estimate of drug-likeness (QED) is 0.407. The number of nitrogens with zero attached hydrogens (tertiary/aromatic N) is 4. The van der Waals surface area contributed by atoms with Gasteiger partial charge in [-0.25, -0.2) is 13.1 Å². The SMILES string of the molecule is O=[N+]([O-])c1cc(S(=O)(=O)N2CCOCC2)ccc1NCCc1ccc(-n2cccn2)cc1. The van der Waals surface area contributed by atoms with E-state index in [0.717, 1.165) is 17.3 Å². The molecule has 1 fully saturated rings. The van der Waals surface area contributed by atoms with Crippen molar-refractivity contribution in [3.8, 4) is 5.69 Å². The van der Waals surface area contributed by atoms with Crippen LogP contribution in [-0.2, 0) is 21.2 Å². The molecule has 1 aliphatic rings. The summed E-state index contributed by atoms with van der Waals surface area (Å²) in [6, 6.07) is 13.7.